The van der Waals surface area contributed by atoms with Gasteiger partial charge < -0.3 is 20.1 Å². The molecule has 1 aromatic heterocycles. The molecule has 9 nitrogen and oxygen atoms in total. The van der Waals surface area contributed by atoms with Crippen molar-refractivity contribution in [1.82, 2.24) is 10.4 Å². The molecule has 0 spiro atoms. The van der Waals surface area contributed by atoms with Crippen molar-refractivity contribution < 1.29 is 29.6 Å². The molecular weight excluding hydrogens is 282 g/mol. The molecule has 4 N–H and O–H groups in total. The highest BCUT2D eigenvalue weighted by atomic mass is 16.6. The number of hydrazone groups is 1. The molecule has 21 heavy (non-hydrogen) atoms. The van der Waals surface area contributed by atoms with Crippen LogP contribution in [0.25, 0.3) is 0 Å². The van der Waals surface area contributed by atoms with Crippen LogP contribution in [0.1, 0.15) is 10.4 Å². The monoisotopic (exact) mass is 295 g/mol. The molecule has 1 aliphatic heterocycles. The lowest BCUT2D eigenvalue weighted by Gasteiger charge is -2.16. The number of hydrogen-bond donors (Lipinski definition) is 4. The Balaban J connectivity index is 1.90. The van der Waals surface area contributed by atoms with Crippen molar-refractivity contribution in [1.29, 1.82) is 0 Å². The fourth-order valence-electron chi connectivity index (χ4n) is 1.69. The minimum absolute atomic E-state index is 0.319. The predicted molar refractivity (Wildman–Crippen MR) is 68.1 cm³/mol. The number of carbonyl (C=O) groups excluding carboxylic acids is 2. The Morgan fingerprint density at radius 1 is 1.43 bits per heavy atom. The Labute approximate surface area is 118 Å². The number of carbonyl (C=O) groups is 2. The lowest BCUT2D eigenvalue weighted by atomic mass is 10.1. The zero-order valence-corrected chi connectivity index (χ0v) is 10.7. The van der Waals surface area contributed by atoms with E-state index in [1.165, 1.54) is 24.5 Å². The molecule has 1 aliphatic rings. The van der Waals surface area contributed by atoms with Gasteiger partial charge in [0.2, 0.25) is 0 Å². The highest BCUT2D eigenvalue weighted by molar-refractivity contribution is 5.94. The van der Waals surface area contributed by atoms with Crippen LogP contribution in [0, 0.1) is 0 Å². The molecular formula is C12H13N3O6. The van der Waals surface area contributed by atoms with E-state index in [-0.39, 0.29) is 0 Å². The van der Waals surface area contributed by atoms with Crippen molar-refractivity contribution >= 4 is 18.1 Å². The Bertz CT molecular complexity index is 549. The van der Waals surface area contributed by atoms with E-state index in [1.54, 1.807) is 0 Å². The molecule has 112 valence electrons. The summed E-state index contributed by atoms with van der Waals surface area (Å²) >= 11 is 0. The SMILES string of the molecule is O=C(N/N=C\[C@H](O)[C@@H]1OC(=O)[C@@H](O)[C@H]1O)c1ccncc1. The molecule has 4 atom stereocenters. The molecule has 1 aromatic rings. The van der Waals surface area contributed by atoms with Crippen LogP contribution < -0.4 is 5.43 Å². The van der Waals surface area contributed by atoms with E-state index in [4.69, 9.17) is 0 Å². The summed E-state index contributed by atoms with van der Waals surface area (Å²) in [5, 5.41) is 31.8. The summed E-state index contributed by atoms with van der Waals surface area (Å²) in [6.45, 7) is 0. The van der Waals surface area contributed by atoms with Crippen LogP contribution in [0.2, 0.25) is 0 Å². The molecule has 1 saturated heterocycles. The standard InChI is InChI=1S/C12H13N3O6/c16-7(10-8(17)9(18)12(20)21-10)5-14-15-11(19)6-1-3-13-4-2-6/h1-5,7-10,16-18H,(H,15,19)/b14-5-/t7-,8+,9-,10-/m0/s1. The van der Waals surface area contributed by atoms with Crippen molar-refractivity contribution in [3.63, 3.8) is 0 Å². The average Bonchev–Trinajstić information content (AvgIpc) is 2.75. The first-order valence-electron chi connectivity index (χ1n) is 5.99. The Hall–Kier alpha value is -2.36. The number of aliphatic hydroxyl groups excluding tert-OH is 3. The Morgan fingerprint density at radius 3 is 2.67 bits per heavy atom. The van der Waals surface area contributed by atoms with E-state index in [2.05, 4.69) is 20.2 Å². The maximum absolute atomic E-state index is 11.6. The molecule has 1 amide bonds. The van der Waals surface area contributed by atoms with Gasteiger partial charge >= 0.3 is 5.97 Å². The third-order valence-electron chi connectivity index (χ3n) is 2.83. The van der Waals surface area contributed by atoms with Gasteiger partial charge in [0.25, 0.3) is 5.91 Å². The lowest BCUT2D eigenvalue weighted by Crippen LogP contribution is -2.39. The largest absolute Gasteiger partial charge is 0.454 e. The number of nitrogens with zero attached hydrogens (tertiary/aromatic N) is 2. The Kier molecular flexibility index (Phi) is 4.58. The number of hydrogen-bond acceptors (Lipinski definition) is 8. The molecule has 9 heteroatoms. The molecule has 0 unspecified atom stereocenters. The van der Waals surface area contributed by atoms with Crippen LogP contribution >= 0.6 is 0 Å². The number of aromatic nitrogens is 1. The van der Waals surface area contributed by atoms with E-state index in [0.717, 1.165) is 6.21 Å². The second-order valence-corrected chi connectivity index (χ2v) is 4.28. The van der Waals surface area contributed by atoms with E-state index in [9.17, 15) is 24.9 Å². The highest BCUT2D eigenvalue weighted by Gasteiger charge is 2.45. The highest BCUT2D eigenvalue weighted by Crippen LogP contribution is 2.18. The molecule has 2 rings (SSSR count). The minimum Gasteiger partial charge on any atom is -0.454 e. The van der Waals surface area contributed by atoms with Gasteiger partial charge in [0.15, 0.2) is 12.2 Å². The zero-order chi connectivity index (χ0) is 15.4. The van der Waals surface area contributed by atoms with Gasteiger partial charge in [-0.25, -0.2) is 10.2 Å². The number of aliphatic hydroxyl groups is 3. The van der Waals surface area contributed by atoms with Gasteiger partial charge in [-0.15, -0.1) is 0 Å². The average molecular weight is 295 g/mol. The molecule has 1 fully saturated rings. The number of cyclic esters (lactones) is 1. The van der Waals surface area contributed by atoms with Crippen LogP contribution in [0.4, 0.5) is 0 Å². The summed E-state index contributed by atoms with van der Waals surface area (Å²) < 4.78 is 4.59. The normalized spacial score (nSPS) is 26.6. The van der Waals surface area contributed by atoms with Gasteiger partial charge in [-0.2, -0.15) is 5.10 Å². The number of esters is 1. The first-order valence-corrected chi connectivity index (χ1v) is 5.99. The van der Waals surface area contributed by atoms with Gasteiger partial charge in [-0.1, -0.05) is 0 Å². The van der Waals surface area contributed by atoms with Gasteiger partial charge in [0.1, 0.15) is 12.2 Å². The molecule has 0 aromatic carbocycles. The van der Waals surface area contributed by atoms with Crippen LogP contribution in [0.15, 0.2) is 29.6 Å². The van der Waals surface area contributed by atoms with E-state index >= 15 is 0 Å². The summed E-state index contributed by atoms with van der Waals surface area (Å²) in [5.41, 5.74) is 2.47. The fraction of sp³-hybridized carbons (Fsp3) is 0.333. The van der Waals surface area contributed by atoms with Crippen molar-refractivity contribution in [3.05, 3.63) is 30.1 Å². The van der Waals surface area contributed by atoms with Crippen LogP contribution in [0.3, 0.4) is 0 Å². The van der Waals surface area contributed by atoms with Crippen molar-refractivity contribution in [2.24, 2.45) is 5.10 Å². The summed E-state index contributed by atoms with van der Waals surface area (Å²) in [7, 11) is 0. The van der Waals surface area contributed by atoms with E-state index in [1.807, 2.05) is 0 Å². The number of pyridine rings is 1. The molecule has 0 saturated carbocycles. The number of nitrogens with one attached hydrogen (secondary N) is 1. The number of amides is 1. The summed E-state index contributed by atoms with van der Waals surface area (Å²) in [6.07, 6.45) is -2.32. The maximum Gasteiger partial charge on any atom is 0.338 e. The van der Waals surface area contributed by atoms with Crippen molar-refractivity contribution in [2.45, 2.75) is 24.4 Å². The van der Waals surface area contributed by atoms with Gasteiger partial charge in [-0.3, -0.25) is 9.78 Å². The predicted octanol–water partition coefficient (Wildman–Crippen LogP) is -2.19. The van der Waals surface area contributed by atoms with Gasteiger partial charge in [-0.05, 0) is 12.1 Å². The first-order chi connectivity index (χ1) is 10.0. The third-order valence-corrected chi connectivity index (χ3v) is 2.83. The molecule has 0 radical (unpaired) electrons. The minimum atomic E-state index is -1.70. The topological polar surface area (TPSA) is 141 Å². The van der Waals surface area contributed by atoms with E-state index in [0.29, 0.717) is 5.56 Å². The third kappa shape index (κ3) is 3.40. The Morgan fingerprint density at radius 2 is 2.10 bits per heavy atom. The van der Waals surface area contributed by atoms with Crippen LogP contribution in [0.5, 0.6) is 0 Å². The quantitative estimate of drug-likeness (QED) is 0.281. The van der Waals surface area contributed by atoms with Crippen molar-refractivity contribution in [3.8, 4) is 0 Å². The van der Waals surface area contributed by atoms with Crippen molar-refractivity contribution in [2.75, 3.05) is 0 Å². The van der Waals surface area contributed by atoms with Gasteiger partial charge in [0, 0.05) is 18.0 Å². The summed E-state index contributed by atoms with van der Waals surface area (Å²) in [4.78, 5) is 26.4. The second kappa shape index (κ2) is 6.39. The number of ether oxygens (including phenoxy) is 1. The van der Waals surface area contributed by atoms with Crippen LogP contribution in [-0.4, -0.2) is 62.8 Å². The molecule has 2 heterocycles. The molecule has 0 bridgehead atoms. The zero-order valence-electron chi connectivity index (χ0n) is 10.7. The van der Waals surface area contributed by atoms with E-state index < -0.39 is 36.3 Å². The van der Waals surface area contributed by atoms with Gasteiger partial charge in [0.05, 0.1) is 6.21 Å². The number of rotatable bonds is 4. The maximum atomic E-state index is 11.6. The second-order valence-electron chi connectivity index (χ2n) is 4.28. The molecule has 0 aliphatic carbocycles. The smallest absolute Gasteiger partial charge is 0.338 e. The summed E-state index contributed by atoms with van der Waals surface area (Å²) in [6, 6.07) is 2.94. The first kappa shape index (κ1) is 15.0. The van der Waals surface area contributed by atoms with Crippen LogP contribution in [-0.2, 0) is 9.53 Å². The summed E-state index contributed by atoms with van der Waals surface area (Å²) in [5.74, 6) is -1.55. The lowest BCUT2D eigenvalue weighted by molar-refractivity contribution is -0.149. The fourth-order valence-corrected chi connectivity index (χ4v) is 1.69.